The van der Waals surface area contributed by atoms with Crippen molar-refractivity contribution >= 4 is 15.9 Å². The van der Waals surface area contributed by atoms with E-state index in [1.54, 1.807) is 12.5 Å². The minimum atomic E-state index is -3.03. The Morgan fingerprint density at radius 3 is 2.72 bits per heavy atom. The van der Waals surface area contributed by atoms with Crippen LogP contribution in [0.2, 0.25) is 0 Å². The molecule has 8 heteroatoms. The number of rotatable bonds is 3. The Kier molecular flexibility index (Phi) is 3.29. The molecular formula is C10H16N4O3S. The SMILES string of the molecule is Cn1cncc1CNC(=O)N1CC(S(C)(=O)=O)C1. The van der Waals surface area contributed by atoms with Crippen molar-refractivity contribution in [3.05, 3.63) is 18.2 Å². The first-order valence-electron chi connectivity index (χ1n) is 5.55. The highest BCUT2D eigenvalue weighted by Crippen LogP contribution is 2.15. The van der Waals surface area contributed by atoms with Crippen molar-refractivity contribution in [3.63, 3.8) is 0 Å². The molecule has 1 aromatic heterocycles. The molecule has 2 amide bonds. The van der Waals surface area contributed by atoms with Crippen LogP contribution in [0.1, 0.15) is 5.69 Å². The van der Waals surface area contributed by atoms with Gasteiger partial charge in [0.2, 0.25) is 0 Å². The number of carbonyl (C=O) groups is 1. The number of imidazole rings is 1. The summed E-state index contributed by atoms with van der Waals surface area (Å²) in [6, 6.07) is -0.240. The van der Waals surface area contributed by atoms with Crippen molar-refractivity contribution in [2.45, 2.75) is 11.8 Å². The number of aryl methyl sites for hydroxylation is 1. The van der Waals surface area contributed by atoms with Gasteiger partial charge in [-0.25, -0.2) is 18.2 Å². The van der Waals surface area contributed by atoms with E-state index < -0.39 is 15.1 Å². The Bertz CT molecular complexity index is 545. The van der Waals surface area contributed by atoms with E-state index in [0.717, 1.165) is 5.69 Å². The summed E-state index contributed by atoms with van der Waals surface area (Å²) in [5.74, 6) is 0. The predicted octanol–water partition coefficient (Wildman–Crippen LogP) is -0.641. The Morgan fingerprint density at radius 2 is 2.22 bits per heavy atom. The maximum atomic E-state index is 11.7. The molecule has 0 aromatic carbocycles. The quantitative estimate of drug-likeness (QED) is 0.793. The summed E-state index contributed by atoms with van der Waals surface area (Å²) in [5.41, 5.74) is 0.892. The molecule has 0 atom stereocenters. The molecule has 100 valence electrons. The van der Waals surface area contributed by atoms with Gasteiger partial charge in [0.15, 0.2) is 9.84 Å². The number of urea groups is 1. The van der Waals surface area contributed by atoms with E-state index in [0.29, 0.717) is 6.54 Å². The van der Waals surface area contributed by atoms with E-state index in [1.165, 1.54) is 11.2 Å². The standard InChI is InChI=1S/C10H16N4O3S/c1-13-7-11-3-8(13)4-12-10(15)14-5-9(6-14)18(2,16)17/h3,7,9H,4-6H2,1-2H3,(H,12,15). The van der Waals surface area contributed by atoms with Crippen molar-refractivity contribution in [2.24, 2.45) is 7.05 Å². The second-order valence-corrected chi connectivity index (χ2v) is 6.84. The van der Waals surface area contributed by atoms with Gasteiger partial charge in [-0.3, -0.25) is 0 Å². The molecule has 0 aliphatic carbocycles. The average molecular weight is 272 g/mol. The molecule has 1 N–H and O–H groups in total. The molecule has 0 spiro atoms. The highest BCUT2D eigenvalue weighted by molar-refractivity contribution is 7.91. The minimum Gasteiger partial charge on any atom is -0.336 e. The highest BCUT2D eigenvalue weighted by Gasteiger charge is 2.37. The number of hydrogen-bond acceptors (Lipinski definition) is 4. The van der Waals surface area contributed by atoms with E-state index in [9.17, 15) is 13.2 Å². The molecular weight excluding hydrogens is 256 g/mol. The molecule has 0 bridgehead atoms. The van der Waals surface area contributed by atoms with E-state index in [2.05, 4.69) is 10.3 Å². The number of nitrogens with zero attached hydrogens (tertiary/aromatic N) is 3. The van der Waals surface area contributed by atoms with Gasteiger partial charge >= 0.3 is 6.03 Å². The van der Waals surface area contributed by atoms with Gasteiger partial charge in [-0.2, -0.15) is 0 Å². The molecule has 1 aliphatic rings. The summed E-state index contributed by atoms with van der Waals surface area (Å²) in [7, 11) is -1.19. The second-order valence-electron chi connectivity index (χ2n) is 4.51. The Labute approximate surface area is 106 Å². The molecule has 0 unspecified atom stereocenters. The predicted molar refractivity (Wildman–Crippen MR) is 65.6 cm³/mol. The Morgan fingerprint density at radius 1 is 1.56 bits per heavy atom. The van der Waals surface area contributed by atoms with E-state index in [-0.39, 0.29) is 19.1 Å². The summed E-state index contributed by atoms with van der Waals surface area (Å²) < 4.78 is 24.2. The molecule has 1 fully saturated rings. The number of aromatic nitrogens is 2. The monoisotopic (exact) mass is 272 g/mol. The Hall–Kier alpha value is -1.57. The number of nitrogens with one attached hydrogen (secondary N) is 1. The minimum absolute atomic E-state index is 0.240. The fourth-order valence-corrected chi connectivity index (χ4v) is 2.61. The van der Waals surface area contributed by atoms with Crippen LogP contribution < -0.4 is 5.32 Å². The highest BCUT2D eigenvalue weighted by atomic mass is 32.2. The fourth-order valence-electron chi connectivity index (χ4n) is 1.71. The van der Waals surface area contributed by atoms with Crippen LogP contribution in [0, 0.1) is 0 Å². The lowest BCUT2D eigenvalue weighted by Gasteiger charge is -2.37. The van der Waals surface area contributed by atoms with Crippen LogP contribution >= 0.6 is 0 Å². The van der Waals surface area contributed by atoms with Gasteiger partial charge in [0.25, 0.3) is 0 Å². The largest absolute Gasteiger partial charge is 0.336 e. The fraction of sp³-hybridized carbons (Fsp3) is 0.600. The van der Waals surface area contributed by atoms with E-state index in [1.807, 2.05) is 11.6 Å². The second kappa shape index (κ2) is 4.60. The van der Waals surface area contributed by atoms with Crippen LogP contribution in [0.3, 0.4) is 0 Å². The first kappa shape index (κ1) is 12.9. The number of carbonyl (C=O) groups excluding carboxylic acids is 1. The van der Waals surface area contributed by atoms with E-state index in [4.69, 9.17) is 0 Å². The van der Waals surface area contributed by atoms with E-state index >= 15 is 0 Å². The van der Waals surface area contributed by atoms with Crippen LogP contribution in [0.5, 0.6) is 0 Å². The van der Waals surface area contributed by atoms with Crippen LogP contribution in [-0.4, -0.2) is 53.5 Å². The van der Waals surface area contributed by atoms with Crippen LogP contribution in [0.25, 0.3) is 0 Å². The average Bonchev–Trinajstić information content (AvgIpc) is 2.56. The lowest BCUT2D eigenvalue weighted by atomic mass is 10.2. The topological polar surface area (TPSA) is 84.3 Å². The van der Waals surface area contributed by atoms with Gasteiger partial charge in [0, 0.05) is 32.6 Å². The van der Waals surface area contributed by atoms with Crippen molar-refractivity contribution in [1.29, 1.82) is 0 Å². The molecule has 7 nitrogen and oxygen atoms in total. The molecule has 0 radical (unpaired) electrons. The zero-order valence-electron chi connectivity index (χ0n) is 10.3. The van der Waals surface area contributed by atoms with Gasteiger partial charge < -0.3 is 14.8 Å². The van der Waals surface area contributed by atoms with Crippen LogP contribution in [0.4, 0.5) is 4.79 Å². The maximum absolute atomic E-state index is 11.7. The van der Waals surface area contributed by atoms with Crippen molar-refractivity contribution in [1.82, 2.24) is 19.8 Å². The van der Waals surface area contributed by atoms with Crippen LogP contribution in [0.15, 0.2) is 12.5 Å². The molecule has 1 aromatic rings. The van der Waals surface area contributed by atoms with Gasteiger partial charge in [-0.1, -0.05) is 0 Å². The lowest BCUT2D eigenvalue weighted by Crippen LogP contribution is -2.59. The smallest absolute Gasteiger partial charge is 0.317 e. The number of hydrogen-bond donors (Lipinski definition) is 1. The maximum Gasteiger partial charge on any atom is 0.317 e. The number of likely N-dealkylation sites (tertiary alicyclic amines) is 1. The summed E-state index contributed by atoms with van der Waals surface area (Å²) in [5, 5.41) is 2.31. The Balaban J connectivity index is 1.80. The first-order valence-corrected chi connectivity index (χ1v) is 7.50. The molecule has 2 rings (SSSR count). The van der Waals surface area contributed by atoms with Crippen molar-refractivity contribution in [3.8, 4) is 0 Å². The normalized spacial score (nSPS) is 16.4. The van der Waals surface area contributed by atoms with Gasteiger partial charge in [0.05, 0.1) is 23.8 Å². The van der Waals surface area contributed by atoms with Crippen molar-refractivity contribution in [2.75, 3.05) is 19.3 Å². The zero-order valence-corrected chi connectivity index (χ0v) is 11.1. The third-order valence-corrected chi connectivity index (χ3v) is 4.59. The summed E-state index contributed by atoms with van der Waals surface area (Å²) in [4.78, 5) is 17.1. The number of sulfone groups is 1. The summed E-state index contributed by atoms with van der Waals surface area (Å²) >= 11 is 0. The van der Waals surface area contributed by atoms with Gasteiger partial charge in [-0.05, 0) is 0 Å². The molecule has 1 aliphatic heterocycles. The zero-order chi connectivity index (χ0) is 13.3. The third-order valence-electron chi connectivity index (χ3n) is 3.08. The third kappa shape index (κ3) is 2.63. The van der Waals surface area contributed by atoms with Crippen LogP contribution in [-0.2, 0) is 23.4 Å². The number of amides is 2. The molecule has 1 saturated heterocycles. The molecule has 0 saturated carbocycles. The van der Waals surface area contributed by atoms with Gasteiger partial charge in [-0.15, -0.1) is 0 Å². The summed E-state index contributed by atoms with van der Waals surface area (Å²) in [6.45, 7) is 0.932. The van der Waals surface area contributed by atoms with Crippen molar-refractivity contribution < 1.29 is 13.2 Å². The first-order chi connectivity index (χ1) is 8.38. The molecule has 18 heavy (non-hydrogen) atoms. The molecule has 2 heterocycles. The summed E-state index contributed by atoms with van der Waals surface area (Å²) in [6.07, 6.45) is 4.53. The lowest BCUT2D eigenvalue weighted by molar-refractivity contribution is 0.168. The van der Waals surface area contributed by atoms with Gasteiger partial charge in [0.1, 0.15) is 0 Å².